The van der Waals surface area contributed by atoms with Crippen molar-refractivity contribution in [1.82, 2.24) is 0 Å². The first-order chi connectivity index (χ1) is 10.1. The van der Waals surface area contributed by atoms with Gasteiger partial charge in [0.25, 0.3) is 0 Å². The summed E-state index contributed by atoms with van der Waals surface area (Å²) < 4.78 is 0. The van der Waals surface area contributed by atoms with E-state index in [1.165, 1.54) is 0 Å². The van der Waals surface area contributed by atoms with E-state index in [0.29, 0.717) is 6.42 Å². The maximum Gasteiger partial charge on any atom is 0.231 e. The normalized spacial score (nSPS) is 23.9. The highest BCUT2D eigenvalue weighted by atomic mass is 16.2. The molecule has 2 aliphatic carbocycles. The Kier molecular flexibility index (Phi) is 3.75. The Morgan fingerprint density at radius 1 is 0.952 bits per heavy atom. The van der Waals surface area contributed by atoms with Crippen LogP contribution in [-0.4, -0.2) is 17.9 Å². The van der Waals surface area contributed by atoms with Crippen LogP contribution >= 0.6 is 0 Å². The molecule has 1 fully saturated rings. The topological polar surface area (TPSA) is 84.2 Å². The molecule has 5 heteroatoms. The largest absolute Gasteiger partial charge is 0.326 e. The summed E-state index contributed by atoms with van der Waals surface area (Å²) in [5.41, 5.74) is 7.22. The molecule has 5 nitrogen and oxygen atoms in total. The fourth-order valence-electron chi connectivity index (χ4n) is 2.38. The van der Waals surface area contributed by atoms with Gasteiger partial charge in [0.15, 0.2) is 0 Å². The quantitative estimate of drug-likeness (QED) is 0.738. The number of nitrogens with two attached hydrogens (primary N) is 1. The van der Waals surface area contributed by atoms with Crippen molar-refractivity contribution >= 4 is 23.2 Å². The molecule has 2 amide bonds. The number of benzene rings is 1. The lowest BCUT2D eigenvalue weighted by molar-refractivity contribution is -0.119. The van der Waals surface area contributed by atoms with Crippen molar-refractivity contribution in [3.05, 3.63) is 36.4 Å². The number of anilines is 2. The second-order valence-corrected chi connectivity index (χ2v) is 5.72. The Hall–Kier alpha value is -2.14. The van der Waals surface area contributed by atoms with Gasteiger partial charge in [-0.2, -0.15) is 0 Å². The fraction of sp³-hybridized carbons (Fsp3) is 0.375. The van der Waals surface area contributed by atoms with Crippen molar-refractivity contribution in [3.8, 4) is 0 Å². The first-order valence-corrected chi connectivity index (χ1v) is 7.27. The standard InChI is InChI=1S/C16H19N3O2/c17-12-4-3-11(9-12)16(21)19-14-7-5-13(6-8-14)18-15(20)10-1-2-10/h3-8,10-12H,1-2,9,17H2,(H,18,20)(H,19,21). The summed E-state index contributed by atoms with van der Waals surface area (Å²) in [5, 5.41) is 5.73. The van der Waals surface area contributed by atoms with Gasteiger partial charge in [-0.3, -0.25) is 9.59 Å². The maximum absolute atomic E-state index is 12.0. The van der Waals surface area contributed by atoms with E-state index in [4.69, 9.17) is 5.73 Å². The van der Waals surface area contributed by atoms with Gasteiger partial charge in [-0.1, -0.05) is 12.2 Å². The number of hydrogen-bond acceptors (Lipinski definition) is 3. The average molecular weight is 285 g/mol. The van der Waals surface area contributed by atoms with Gasteiger partial charge in [-0.15, -0.1) is 0 Å². The molecule has 0 saturated heterocycles. The van der Waals surface area contributed by atoms with Gasteiger partial charge < -0.3 is 16.4 Å². The van der Waals surface area contributed by atoms with E-state index in [0.717, 1.165) is 24.2 Å². The Bertz CT molecular complexity index is 576. The Morgan fingerprint density at radius 2 is 1.52 bits per heavy atom. The number of nitrogens with one attached hydrogen (secondary N) is 2. The van der Waals surface area contributed by atoms with Crippen molar-refractivity contribution in [2.45, 2.75) is 25.3 Å². The monoisotopic (exact) mass is 285 g/mol. The number of rotatable bonds is 4. The molecule has 21 heavy (non-hydrogen) atoms. The van der Waals surface area contributed by atoms with Gasteiger partial charge in [0.2, 0.25) is 11.8 Å². The highest BCUT2D eigenvalue weighted by molar-refractivity contribution is 5.96. The minimum absolute atomic E-state index is 0.0271. The zero-order valence-electron chi connectivity index (χ0n) is 11.7. The van der Waals surface area contributed by atoms with E-state index >= 15 is 0 Å². The highest BCUT2D eigenvalue weighted by Crippen LogP contribution is 2.30. The van der Waals surface area contributed by atoms with Gasteiger partial charge in [-0.25, -0.2) is 0 Å². The molecule has 0 radical (unpaired) electrons. The van der Waals surface area contributed by atoms with Crippen LogP contribution in [0.3, 0.4) is 0 Å². The van der Waals surface area contributed by atoms with Gasteiger partial charge in [0.1, 0.15) is 0 Å². The van der Waals surface area contributed by atoms with Crippen molar-refractivity contribution in [2.24, 2.45) is 17.6 Å². The van der Waals surface area contributed by atoms with Crippen LogP contribution in [-0.2, 0) is 9.59 Å². The predicted molar refractivity (Wildman–Crippen MR) is 81.6 cm³/mol. The lowest BCUT2D eigenvalue weighted by Gasteiger charge is -2.11. The molecule has 0 heterocycles. The Morgan fingerprint density at radius 3 is 2.00 bits per heavy atom. The lowest BCUT2D eigenvalue weighted by atomic mass is 10.1. The molecular weight excluding hydrogens is 266 g/mol. The molecule has 2 unspecified atom stereocenters. The van der Waals surface area contributed by atoms with E-state index in [2.05, 4.69) is 10.6 Å². The van der Waals surface area contributed by atoms with Gasteiger partial charge in [0.05, 0.1) is 5.92 Å². The second kappa shape index (κ2) is 5.69. The molecule has 2 aliphatic rings. The van der Waals surface area contributed by atoms with Gasteiger partial charge >= 0.3 is 0 Å². The average Bonchev–Trinajstić information content (AvgIpc) is 3.23. The highest BCUT2D eigenvalue weighted by Gasteiger charge is 2.29. The van der Waals surface area contributed by atoms with Crippen LogP contribution in [0.15, 0.2) is 36.4 Å². The minimum Gasteiger partial charge on any atom is -0.326 e. The van der Waals surface area contributed by atoms with E-state index in [1.54, 1.807) is 24.3 Å². The third-order valence-electron chi connectivity index (χ3n) is 3.82. The number of amides is 2. The van der Waals surface area contributed by atoms with Crippen LogP contribution in [0.25, 0.3) is 0 Å². The van der Waals surface area contributed by atoms with Crippen molar-refractivity contribution in [3.63, 3.8) is 0 Å². The first kappa shape index (κ1) is 13.8. The third-order valence-corrected chi connectivity index (χ3v) is 3.82. The van der Waals surface area contributed by atoms with Crippen molar-refractivity contribution in [2.75, 3.05) is 10.6 Å². The number of hydrogen-bond donors (Lipinski definition) is 3. The molecule has 1 aromatic rings. The summed E-state index contributed by atoms with van der Waals surface area (Å²) in [6.07, 6.45) is 6.33. The zero-order chi connectivity index (χ0) is 14.8. The number of carbonyl (C=O) groups is 2. The molecule has 0 aromatic heterocycles. The maximum atomic E-state index is 12.0. The summed E-state index contributed by atoms with van der Waals surface area (Å²) >= 11 is 0. The fourth-order valence-corrected chi connectivity index (χ4v) is 2.38. The summed E-state index contributed by atoms with van der Waals surface area (Å²) in [7, 11) is 0. The second-order valence-electron chi connectivity index (χ2n) is 5.72. The van der Waals surface area contributed by atoms with Crippen LogP contribution in [0.1, 0.15) is 19.3 Å². The van der Waals surface area contributed by atoms with E-state index < -0.39 is 0 Å². The summed E-state index contributed by atoms with van der Waals surface area (Å²) in [6.45, 7) is 0. The Labute approximate surface area is 123 Å². The Balaban J connectivity index is 1.55. The molecular formula is C16H19N3O2. The van der Waals surface area contributed by atoms with E-state index in [9.17, 15) is 9.59 Å². The van der Waals surface area contributed by atoms with Crippen molar-refractivity contribution < 1.29 is 9.59 Å². The molecule has 0 spiro atoms. The van der Waals surface area contributed by atoms with Crippen LogP contribution < -0.4 is 16.4 Å². The van der Waals surface area contributed by atoms with Gasteiger partial charge in [-0.05, 0) is 43.5 Å². The molecule has 1 saturated carbocycles. The van der Waals surface area contributed by atoms with Crippen molar-refractivity contribution in [1.29, 1.82) is 0 Å². The zero-order valence-corrected chi connectivity index (χ0v) is 11.7. The molecule has 0 bridgehead atoms. The smallest absolute Gasteiger partial charge is 0.231 e. The SMILES string of the molecule is NC1C=CC(C(=O)Nc2ccc(NC(=O)C3CC3)cc2)C1. The summed E-state index contributed by atoms with van der Waals surface area (Å²) in [6, 6.07) is 7.15. The molecule has 0 aliphatic heterocycles. The van der Waals surface area contributed by atoms with Gasteiger partial charge in [0, 0.05) is 23.3 Å². The van der Waals surface area contributed by atoms with Crippen LogP contribution in [0.2, 0.25) is 0 Å². The molecule has 110 valence electrons. The summed E-state index contributed by atoms with van der Waals surface area (Å²) in [4.78, 5) is 23.7. The van der Waals surface area contributed by atoms with Crippen LogP contribution in [0.4, 0.5) is 11.4 Å². The third kappa shape index (κ3) is 3.49. The number of carbonyl (C=O) groups excluding carboxylic acids is 2. The molecule has 4 N–H and O–H groups in total. The van der Waals surface area contributed by atoms with E-state index in [-0.39, 0.29) is 29.7 Å². The first-order valence-electron chi connectivity index (χ1n) is 7.27. The predicted octanol–water partition coefficient (Wildman–Crippen LogP) is 1.88. The minimum atomic E-state index is -0.158. The molecule has 1 aromatic carbocycles. The van der Waals surface area contributed by atoms with Crippen LogP contribution in [0, 0.1) is 11.8 Å². The lowest BCUT2D eigenvalue weighted by Crippen LogP contribution is -2.24. The van der Waals surface area contributed by atoms with E-state index in [1.807, 2.05) is 12.2 Å². The van der Waals surface area contributed by atoms with Crippen LogP contribution in [0.5, 0.6) is 0 Å². The molecule has 3 rings (SSSR count). The summed E-state index contributed by atoms with van der Waals surface area (Å²) in [5.74, 6) is 0.0582. The molecule has 2 atom stereocenters.